The van der Waals surface area contributed by atoms with Crippen LogP contribution in [0.25, 0.3) is 5.69 Å². The van der Waals surface area contributed by atoms with E-state index in [1.54, 1.807) is 4.68 Å². The van der Waals surface area contributed by atoms with Crippen molar-refractivity contribution in [3.8, 4) is 5.69 Å². The molecule has 5 heteroatoms. The van der Waals surface area contributed by atoms with Crippen LogP contribution in [-0.2, 0) is 0 Å². The van der Waals surface area contributed by atoms with E-state index >= 15 is 0 Å². The lowest BCUT2D eigenvalue weighted by molar-refractivity contribution is 0.0942. The minimum atomic E-state index is -0.0942. The van der Waals surface area contributed by atoms with Crippen molar-refractivity contribution in [3.05, 3.63) is 46.2 Å². The van der Waals surface area contributed by atoms with E-state index in [2.05, 4.69) is 10.4 Å². The summed E-state index contributed by atoms with van der Waals surface area (Å²) in [6.07, 6.45) is 0. The summed E-state index contributed by atoms with van der Waals surface area (Å²) in [7, 11) is 0. The largest absolute Gasteiger partial charge is 0.350 e. The maximum absolute atomic E-state index is 12.2. The number of hydrogen-bond acceptors (Lipinski definition) is 2. The highest BCUT2D eigenvalue weighted by Crippen LogP contribution is 2.20. The molecule has 0 aliphatic carbocycles. The first-order valence-electron chi connectivity index (χ1n) is 6.53. The van der Waals surface area contributed by atoms with Crippen LogP contribution in [0.1, 0.15) is 35.6 Å². The van der Waals surface area contributed by atoms with Gasteiger partial charge in [0.2, 0.25) is 0 Å². The van der Waals surface area contributed by atoms with Crippen molar-refractivity contribution in [3.63, 3.8) is 0 Å². The predicted molar refractivity (Wildman–Crippen MR) is 80.7 cm³/mol. The molecule has 0 bridgehead atoms. The average Bonchev–Trinajstić information content (AvgIpc) is 2.64. The second-order valence-corrected chi connectivity index (χ2v) is 5.50. The molecule has 0 unspecified atom stereocenters. The van der Waals surface area contributed by atoms with E-state index < -0.39 is 0 Å². The van der Waals surface area contributed by atoms with Crippen LogP contribution in [0.3, 0.4) is 0 Å². The van der Waals surface area contributed by atoms with Gasteiger partial charge in [0.05, 0.1) is 22.6 Å². The highest BCUT2D eigenvalue weighted by atomic mass is 35.5. The lowest BCUT2D eigenvalue weighted by Crippen LogP contribution is -2.30. The molecule has 0 fully saturated rings. The molecular weight excluding hydrogens is 274 g/mol. The Morgan fingerprint density at radius 3 is 2.65 bits per heavy atom. The van der Waals surface area contributed by atoms with E-state index in [4.69, 9.17) is 11.6 Å². The first kappa shape index (κ1) is 14.6. The van der Waals surface area contributed by atoms with Gasteiger partial charge >= 0.3 is 0 Å². The van der Waals surface area contributed by atoms with Gasteiger partial charge in [0.25, 0.3) is 5.91 Å². The van der Waals surface area contributed by atoms with Gasteiger partial charge in [-0.05, 0) is 45.9 Å². The SMILES string of the molecule is Cc1nn(-c2cccc(Cl)c2)c(C)c1C(=O)NC(C)C. The second kappa shape index (κ2) is 5.67. The summed E-state index contributed by atoms with van der Waals surface area (Å²) >= 11 is 6.00. The Bertz CT molecular complexity index is 647. The number of aromatic nitrogens is 2. The first-order valence-corrected chi connectivity index (χ1v) is 6.91. The summed E-state index contributed by atoms with van der Waals surface area (Å²) in [6.45, 7) is 7.59. The van der Waals surface area contributed by atoms with E-state index in [1.165, 1.54) is 0 Å². The molecule has 1 N–H and O–H groups in total. The third kappa shape index (κ3) is 2.85. The Kier molecular flexibility index (Phi) is 4.14. The highest BCUT2D eigenvalue weighted by Gasteiger charge is 2.19. The Hall–Kier alpha value is -1.81. The van der Waals surface area contributed by atoms with Gasteiger partial charge in [-0.2, -0.15) is 5.10 Å². The highest BCUT2D eigenvalue weighted by molar-refractivity contribution is 6.30. The van der Waals surface area contributed by atoms with Gasteiger partial charge in [0.15, 0.2) is 0 Å². The van der Waals surface area contributed by atoms with Gasteiger partial charge in [0, 0.05) is 11.1 Å². The number of hydrogen-bond donors (Lipinski definition) is 1. The minimum absolute atomic E-state index is 0.0934. The van der Waals surface area contributed by atoms with E-state index in [-0.39, 0.29) is 11.9 Å². The van der Waals surface area contributed by atoms with Crippen LogP contribution in [0.5, 0.6) is 0 Å². The molecule has 2 aromatic rings. The van der Waals surface area contributed by atoms with Crippen molar-refractivity contribution >= 4 is 17.5 Å². The monoisotopic (exact) mass is 291 g/mol. The predicted octanol–water partition coefficient (Wildman–Crippen LogP) is 3.28. The topological polar surface area (TPSA) is 46.9 Å². The minimum Gasteiger partial charge on any atom is -0.350 e. The molecule has 4 nitrogen and oxygen atoms in total. The Labute approximate surface area is 123 Å². The van der Waals surface area contributed by atoms with Gasteiger partial charge in [-0.1, -0.05) is 17.7 Å². The summed E-state index contributed by atoms with van der Waals surface area (Å²) in [5, 5.41) is 7.99. The lowest BCUT2D eigenvalue weighted by atomic mass is 10.1. The number of aryl methyl sites for hydroxylation is 1. The number of carbonyl (C=O) groups is 1. The van der Waals surface area contributed by atoms with E-state index in [0.717, 1.165) is 11.4 Å². The second-order valence-electron chi connectivity index (χ2n) is 5.07. The van der Waals surface area contributed by atoms with Gasteiger partial charge in [-0.25, -0.2) is 4.68 Å². The molecule has 0 aliphatic rings. The van der Waals surface area contributed by atoms with Crippen LogP contribution in [0.4, 0.5) is 0 Å². The zero-order chi connectivity index (χ0) is 14.9. The van der Waals surface area contributed by atoms with Crippen LogP contribution in [0.15, 0.2) is 24.3 Å². The number of rotatable bonds is 3. The Balaban J connectivity index is 2.46. The van der Waals surface area contributed by atoms with Gasteiger partial charge in [-0.15, -0.1) is 0 Å². The van der Waals surface area contributed by atoms with Crippen LogP contribution in [-0.4, -0.2) is 21.7 Å². The van der Waals surface area contributed by atoms with E-state index in [9.17, 15) is 4.79 Å². The van der Waals surface area contributed by atoms with Gasteiger partial charge in [-0.3, -0.25) is 4.79 Å². The van der Waals surface area contributed by atoms with Gasteiger partial charge in [0.1, 0.15) is 0 Å². The van der Waals surface area contributed by atoms with Crippen molar-refractivity contribution in [2.45, 2.75) is 33.7 Å². The number of nitrogens with zero attached hydrogens (tertiary/aromatic N) is 2. The fraction of sp³-hybridized carbons (Fsp3) is 0.333. The zero-order valence-electron chi connectivity index (χ0n) is 12.1. The van der Waals surface area contributed by atoms with Crippen LogP contribution < -0.4 is 5.32 Å². The Morgan fingerprint density at radius 2 is 2.05 bits per heavy atom. The molecule has 1 heterocycles. The molecule has 0 atom stereocenters. The van der Waals surface area contributed by atoms with Crippen molar-refractivity contribution in [1.29, 1.82) is 0 Å². The van der Waals surface area contributed by atoms with Crippen molar-refractivity contribution in [2.24, 2.45) is 0 Å². The molecule has 106 valence electrons. The molecule has 1 amide bonds. The normalized spacial score (nSPS) is 10.9. The number of amides is 1. The van der Waals surface area contributed by atoms with Crippen LogP contribution in [0.2, 0.25) is 5.02 Å². The summed E-state index contributed by atoms with van der Waals surface area (Å²) < 4.78 is 1.75. The molecule has 0 aliphatic heterocycles. The van der Waals surface area contributed by atoms with E-state index in [1.807, 2.05) is 52.0 Å². The maximum Gasteiger partial charge on any atom is 0.255 e. The Morgan fingerprint density at radius 1 is 1.35 bits per heavy atom. The summed E-state index contributed by atoms with van der Waals surface area (Å²) in [5.41, 5.74) is 2.99. The van der Waals surface area contributed by atoms with Gasteiger partial charge < -0.3 is 5.32 Å². The molecule has 1 aromatic heterocycles. The molecule has 1 aromatic carbocycles. The molecule has 2 rings (SSSR count). The average molecular weight is 292 g/mol. The quantitative estimate of drug-likeness (QED) is 0.943. The number of nitrogens with one attached hydrogen (secondary N) is 1. The summed E-state index contributed by atoms with van der Waals surface area (Å²) in [4.78, 5) is 12.2. The summed E-state index contributed by atoms with van der Waals surface area (Å²) in [6, 6.07) is 7.50. The molecule has 0 radical (unpaired) electrons. The summed E-state index contributed by atoms with van der Waals surface area (Å²) in [5.74, 6) is -0.0942. The number of halogens is 1. The van der Waals surface area contributed by atoms with Crippen LogP contribution >= 0.6 is 11.6 Å². The van der Waals surface area contributed by atoms with Crippen molar-refractivity contribution in [1.82, 2.24) is 15.1 Å². The lowest BCUT2D eigenvalue weighted by Gasteiger charge is -2.09. The maximum atomic E-state index is 12.2. The zero-order valence-corrected chi connectivity index (χ0v) is 12.8. The fourth-order valence-electron chi connectivity index (χ4n) is 2.16. The number of benzene rings is 1. The smallest absolute Gasteiger partial charge is 0.255 e. The third-order valence-corrected chi connectivity index (χ3v) is 3.23. The standard InChI is InChI=1S/C15H18ClN3O/c1-9(2)17-15(20)14-10(3)18-19(11(14)4)13-7-5-6-12(16)8-13/h5-9H,1-4H3,(H,17,20). The molecule has 0 saturated carbocycles. The third-order valence-electron chi connectivity index (χ3n) is 2.99. The molecule has 0 spiro atoms. The molecular formula is C15H18ClN3O. The van der Waals surface area contributed by atoms with Crippen molar-refractivity contribution < 1.29 is 4.79 Å². The molecule has 20 heavy (non-hydrogen) atoms. The van der Waals surface area contributed by atoms with Crippen LogP contribution in [0, 0.1) is 13.8 Å². The van der Waals surface area contributed by atoms with E-state index in [0.29, 0.717) is 16.3 Å². The molecule has 0 saturated heterocycles. The van der Waals surface area contributed by atoms with Crippen molar-refractivity contribution in [2.75, 3.05) is 0 Å². The fourth-order valence-corrected chi connectivity index (χ4v) is 2.35. The first-order chi connectivity index (χ1) is 9.40. The number of carbonyl (C=O) groups excluding carboxylic acids is 1.